The number of rotatable bonds is 13. The monoisotopic (exact) mass is 520 g/mol. The fraction of sp³-hybridized carbons (Fsp3) is 0.750. The van der Waals surface area contributed by atoms with Gasteiger partial charge in [-0.2, -0.15) is 0 Å². The quantitative estimate of drug-likeness (QED) is 0.366. The van der Waals surface area contributed by atoms with E-state index >= 15 is 0 Å². The van der Waals surface area contributed by atoms with Crippen LogP contribution in [0.2, 0.25) is 0 Å². The number of fused-ring (bicyclic) bond motifs is 1. The van der Waals surface area contributed by atoms with Crippen LogP contribution >= 0.6 is 0 Å². The molecule has 9 nitrogen and oxygen atoms in total. The average molecular weight is 521 g/mol. The average Bonchev–Trinajstić information content (AvgIpc) is 3.57. The molecule has 4 rings (SSSR count). The molecule has 9 heteroatoms. The van der Waals surface area contributed by atoms with Crippen LogP contribution in [-0.4, -0.2) is 80.8 Å². The molecule has 1 aromatic carbocycles. The second-order valence-electron chi connectivity index (χ2n) is 10.6. The van der Waals surface area contributed by atoms with Gasteiger partial charge in [-0.3, -0.25) is 10.2 Å². The molecule has 3 saturated heterocycles. The van der Waals surface area contributed by atoms with Crippen molar-refractivity contribution < 1.29 is 33.2 Å². The Kier molecular flexibility index (Phi) is 10.1. The number of hydrogen-bond acceptors (Lipinski definition) is 8. The number of amides is 1. The highest BCUT2D eigenvalue weighted by atomic mass is 16.8. The molecular weight excluding hydrogens is 476 g/mol. The van der Waals surface area contributed by atoms with Gasteiger partial charge >= 0.3 is 6.09 Å². The van der Waals surface area contributed by atoms with Crippen molar-refractivity contribution in [2.45, 2.75) is 102 Å². The topological polar surface area (TPSA) is 87.7 Å². The van der Waals surface area contributed by atoms with Crippen molar-refractivity contribution in [3.05, 3.63) is 24.3 Å². The van der Waals surface area contributed by atoms with E-state index in [1.165, 1.54) is 19.3 Å². The van der Waals surface area contributed by atoms with Gasteiger partial charge in [0.1, 0.15) is 30.2 Å². The number of carbonyl (C=O) groups excluding carboxylic acids is 1. The lowest BCUT2D eigenvalue weighted by atomic mass is 10.1. The Morgan fingerprint density at radius 1 is 1.08 bits per heavy atom. The predicted octanol–water partition coefficient (Wildman–Crippen LogP) is 4.94. The third-order valence-corrected chi connectivity index (χ3v) is 7.17. The lowest BCUT2D eigenvalue weighted by molar-refractivity contribution is -0.243. The molecule has 1 aromatic rings. The van der Waals surface area contributed by atoms with Gasteiger partial charge in [0.15, 0.2) is 12.1 Å². The summed E-state index contributed by atoms with van der Waals surface area (Å²) < 4.78 is 36.2. The molecule has 37 heavy (non-hydrogen) atoms. The van der Waals surface area contributed by atoms with E-state index in [2.05, 4.69) is 17.1 Å². The maximum atomic E-state index is 13.0. The van der Waals surface area contributed by atoms with E-state index in [0.29, 0.717) is 24.6 Å². The first-order valence-corrected chi connectivity index (χ1v) is 13.9. The van der Waals surface area contributed by atoms with Crippen LogP contribution in [0.5, 0.6) is 5.75 Å². The van der Waals surface area contributed by atoms with Crippen LogP contribution in [0.25, 0.3) is 0 Å². The van der Waals surface area contributed by atoms with Crippen molar-refractivity contribution in [3.63, 3.8) is 0 Å². The van der Waals surface area contributed by atoms with Crippen molar-refractivity contribution in [3.8, 4) is 5.75 Å². The molecular formula is C28H44N2O7. The molecule has 0 saturated carbocycles. The standard InChI is InChI=1S/C28H44N2O7/c1-5-6-7-8-11-18-33-26-25-24(36-28(2,3)37-25)23(35-26)22(19-30-16-9-10-17-30)34-27(31)29-20-12-14-21(32-4)15-13-20/h12-15,22-26H,5-11,16-19H2,1-4H3,(H,29,31)/t22?,23-,24+,25+,26+/m1/s1. The zero-order chi connectivity index (χ0) is 26.3. The number of anilines is 1. The largest absolute Gasteiger partial charge is 0.497 e. The molecule has 5 atom stereocenters. The van der Waals surface area contributed by atoms with Crippen LogP contribution in [0.1, 0.15) is 65.7 Å². The molecule has 0 spiro atoms. The van der Waals surface area contributed by atoms with Gasteiger partial charge in [0.05, 0.1) is 7.11 Å². The summed E-state index contributed by atoms with van der Waals surface area (Å²) in [5.74, 6) is -0.0439. The summed E-state index contributed by atoms with van der Waals surface area (Å²) >= 11 is 0. The molecule has 3 aliphatic heterocycles. The molecule has 0 aliphatic carbocycles. The van der Waals surface area contributed by atoms with Gasteiger partial charge in [-0.15, -0.1) is 0 Å². The van der Waals surface area contributed by atoms with Gasteiger partial charge in [0.25, 0.3) is 0 Å². The first-order valence-electron chi connectivity index (χ1n) is 13.9. The van der Waals surface area contributed by atoms with E-state index in [0.717, 1.165) is 38.8 Å². The number of nitrogens with zero attached hydrogens (tertiary/aromatic N) is 1. The van der Waals surface area contributed by atoms with Crippen LogP contribution in [0.3, 0.4) is 0 Å². The third-order valence-electron chi connectivity index (χ3n) is 7.17. The molecule has 0 radical (unpaired) electrons. The predicted molar refractivity (Wildman–Crippen MR) is 140 cm³/mol. The smallest absolute Gasteiger partial charge is 0.412 e. The maximum Gasteiger partial charge on any atom is 0.412 e. The van der Waals surface area contributed by atoms with E-state index in [1.54, 1.807) is 31.4 Å². The molecule has 1 unspecified atom stereocenters. The summed E-state index contributed by atoms with van der Waals surface area (Å²) in [6.07, 6.45) is 5.15. The van der Waals surface area contributed by atoms with Crippen molar-refractivity contribution in [1.29, 1.82) is 0 Å². The molecule has 0 aromatic heterocycles. The highest BCUT2D eigenvalue weighted by molar-refractivity contribution is 5.84. The summed E-state index contributed by atoms with van der Waals surface area (Å²) in [7, 11) is 1.61. The minimum absolute atomic E-state index is 0.370. The fourth-order valence-electron chi connectivity index (χ4n) is 5.32. The summed E-state index contributed by atoms with van der Waals surface area (Å²) in [5, 5.41) is 2.82. The van der Waals surface area contributed by atoms with Crippen LogP contribution in [0.15, 0.2) is 24.3 Å². The van der Waals surface area contributed by atoms with Crippen molar-refractivity contribution in [2.24, 2.45) is 0 Å². The van der Waals surface area contributed by atoms with Gasteiger partial charge in [0, 0.05) is 18.8 Å². The summed E-state index contributed by atoms with van der Waals surface area (Å²) in [6.45, 7) is 9.12. The van der Waals surface area contributed by atoms with Crippen molar-refractivity contribution in [1.82, 2.24) is 4.90 Å². The summed E-state index contributed by atoms with van der Waals surface area (Å²) in [4.78, 5) is 15.3. The van der Waals surface area contributed by atoms with Gasteiger partial charge in [-0.05, 0) is 70.5 Å². The number of benzene rings is 1. The zero-order valence-corrected chi connectivity index (χ0v) is 22.8. The first kappa shape index (κ1) is 28.1. The van der Waals surface area contributed by atoms with Crippen molar-refractivity contribution in [2.75, 3.05) is 38.7 Å². The highest BCUT2D eigenvalue weighted by Crippen LogP contribution is 2.41. The molecule has 1 amide bonds. The Labute approximate surface area is 221 Å². The SMILES string of the molecule is CCCCCCCO[C@H]1O[C@H](C(CN2CCCC2)OC(=O)Nc2ccc(OC)cc2)[C@@H]2OC(C)(C)O[C@H]12. The summed E-state index contributed by atoms with van der Waals surface area (Å²) in [5.41, 5.74) is 0.627. The van der Waals surface area contributed by atoms with E-state index < -0.39 is 30.4 Å². The Balaban J connectivity index is 1.42. The lowest BCUT2D eigenvalue weighted by Crippen LogP contribution is -2.47. The van der Waals surface area contributed by atoms with Crippen LogP contribution < -0.4 is 10.1 Å². The van der Waals surface area contributed by atoms with E-state index in [1.807, 2.05) is 13.8 Å². The van der Waals surface area contributed by atoms with Crippen molar-refractivity contribution >= 4 is 11.8 Å². The molecule has 3 heterocycles. The Bertz CT molecular complexity index is 843. The van der Waals surface area contributed by atoms with E-state index in [4.69, 9.17) is 28.4 Å². The third kappa shape index (κ3) is 7.80. The van der Waals surface area contributed by atoms with Gasteiger partial charge in [-0.1, -0.05) is 32.6 Å². The molecule has 0 bridgehead atoms. The second kappa shape index (κ2) is 13.2. The lowest BCUT2D eigenvalue weighted by Gasteiger charge is -2.31. The normalized spacial score (nSPS) is 27.7. The Morgan fingerprint density at radius 3 is 2.49 bits per heavy atom. The minimum atomic E-state index is -0.760. The van der Waals surface area contributed by atoms with Crippen LogP contribution in [0.4, 0.5) is 10.5 Å². The number of carbonyl (C=O) groups is 1. The number of ether oxygens (including phenoxy) is 6. The van der Waals surface area contributed by atoms with Gasteiger partial charge in [-0.25, -0.2) is 4.79 Å². The number of unbranched alkanes of at least 4 members (excludes halogenated alkanes) is 4. The first-order chi connectivity index (χ1) is 17.9. The number of methoxy groups -OCH3 is 1. The maximum absolute atomic E-state index is 13.0. The number of hydrogen-bond donors (Lipinski definition) is 1. The van der Waals surface area contributed by atoms with E-state index in [9.17, 15) is 4.79 Å². The number of nitrogens with one attached hydrogen (secondary N) is 1. The van der Waals surface area contributed by atoms with Crippen LogP contribution in [0, 0.1) is 0 Å². The summed E-state index contributed by atoms with van der Waals surface area (Å²) in [6, 6.07) is 7.13. The fourth-order valence-corrected chi connectivity index (χ4v) is 5.32. The molecule has 1 N–H and O–H groups in total. The van der Waals surface area contributed by atoms with Gasteiger partial charge in [0.2, 0.25) is 0 Å². The van der Waals surface area contributed by atoms with E-state index in [-0.39, 0.29) is 12.2 Å². The van der Waals surface area contributed by atoms with Crippen LogP contribution in [-0.2, 0) is 23.7 Å². The molecule has 208 valence electrons. The molecule has 3 fully saturated rings. The highest BCUT2D eigenvalue weighted by Gasteiger charge is 2.58. The minimum Gasteiger partial charge on any atom is -0.497 e. The second-order valence-corrected chi connectivity index (χ2v) is 10.6. The Hall–Kier alpha value is -1.91. The zero-order valence-electron chi connectivity index (χ0n) is 22.8. The number of likely N-dealkylation sites (tertiary alicyclic amines) is 1. The van der Waals surface area contributed by atoms with Gasteiger partial charge < -0.3 is 28.4 Å². The Morgan fingerprint density at radius 2 is 1.78 bits per heavy atom. The molecule has 3 aliphatic rings.